The van der Waals surface area contributed by atoms with E-state index in [0.717, 1.165) is 25.7 Å². The summed E-state index contributed by atoms with van der Waals surface area (Å²) in [6.45, 7) is 4.35. The summed E-state index contributed by atoms with van der Waals surface area (Å²) in [4.78, 5) is 17.0. The van der Waals surface area contributed by atoms with Crippen LogP contribution in [0.25, 0.3) is 0 Å². The van der Waals surface area contributed by atoms with Gasteiger partial charge < -0.3 is 9.57 Å². The van der Waals surface area contributed by atoms with Crippen LogP contribution in [0.15, 0.2) is 5.16 Å². The second-order valence-corrected chi connectivity index (χ2v) is 4.97. The fraction of sp³-hybridized carbons (Fsp3) is 0.846. The van der Waals surface area contributed by atoms with Gasteiger partial charge in [-0.3, -0.25) is 4.79 Å². The van der Waals surface area contributed by atoms with Crippen molar-refractivity contribution in [3.63, 3.8) is 0 Å². The molecule has 0 aromatic heterocycles. The number of fused-ring (bicyclic) bond motifs is 1. The van der Waals surface area contributed by atoms with E-state index in [0.29, 0.717) is 11.8 Å². The van der Waals surface area contributed by atoms with E-state index in [1.807, 2.05) is 0 Å². The lowest BCUT2D eigenvalue weighted by Crippen LogP contribution is -2.23. The Labute approximate surface area is 102 Å². The van der Waals surface area contributed by atoms with Gasteiger partial charge in [0, 0.05) is 18.3 Å². The van der Waals surface area contributed by atoms with Crippen molar-refractivity contribution in [2.24, 2.45) is 22.9 Å². The maximum atomic E-state index is 11.5. The molecule has 1 heterocycles. The molecule has 1 fully saturated rings. The average Bonchev–Trinajstić information content (AvgIpc) is 2.91. The highest BCUT2D eigenvalue weighted by Crippen LogP contribution is 2.41. The predicted molar refractivity (Wildman–Crippen MR) is 64.6 cm³/mol. The minimum Gasteiger partial charge on any atom is -0.469 e. The number of rotatable bonds is 4. The third-order valence-electron chi connectivity index (χ3n) is 4.12. The van der Waals surface area contributed by atoms with Crippen molar-refractivity contribution in [2.75, 3.05) is 7.11 Å². The van der Waals surface area contributed by atoms with Crippen molar-refractivity contribution in [2.45, 2.75) is 45.6 Å². The van der Waals surface area contributed by atoms with Crippen LogP contribution in [0.2, 0.25) is 0 Å². The molecule has 0 N–H and O–H groups in total. The average molecular weight is 239 g/mol. The molecule has 0 aromatic carbocycles. The molecule has 0 saturated heterocycles. The Bertz CT molecular complexity index is 323. The lowest BCUT2D eigenvalue weighted by atomic mass is 9.86. The highest BCUT2D eigenvalue weighted by atomic mass is 16.6. The maximum Gasteiger partial charge on any atom is 0.308 e. The van der Waals surface area contributed by atoms with Crippen LogP contribution in [-0.2, 0) is 14.4 Å². The molecule has 0 aromatic rings. The van der Waals surface area contributed by atoms with Gasteiger partial charge in [-0.25, -0.2) is 0 Å². The number of methoxy groups -OCH3 is 1. The zero-order valence-corrected chi connectivity index (χ0v) is 10.8. The molecule has 0 spiro atoms. The van der Waals surface area contributed by atoms with Crippen LogP contribution in [0, 0.1) is 17.8 Å². The van der Waals surface area contributed by atoms with Crippen LogP contribution >= 0.6 is 0 Å². The van der Waals surface area contributed by atoms with Gasteiger partial charge in [-0.15, -0.1) is 0 Å². The zero-order valence-electron chi connectivity index (χ0n) is 10.8. The summed E-state index contributed by atoms with van der Waals surface area (Å²) in [7, 11) is 1.45. The second kappa shape index (κ2) is 5.07. The summed E-state index contributed by atoms with van der Waals surface area (Å²) in [5.41, 5.74) is 1.17. The molecule has 4 nitrogen and oxygen atoms in total. The number of hydrogen-bond acceptors (Lipinski definition) is 4. The lowest BCUT2D eigenvalue weighted by Gasteiger charge is -2.16. The third kappa shape index (κ3) is 2.17. The van der Waals surface area contributed by atoms with Gasteiger partial charge in [0.15, 0.2) is 0 Å². The minimum atomic E-state index is -0.105. The molecule has 4 heteroatoms. The van der Waals surface area contributed by atoms with Crippen LogP contribution in [0.4, 0.5) is 0 Å². The van der Waals surface area contributed by atoms with E-state index >= 15 is 0 Å². The monoisotopic (exact) mass is 239 g/mol. The van der Waals surface area contributed by atoms with Crippen molar-refractivity contribution >= 4 is 11.7 Å². The molecule has 2 aliphatic rings. The van der Waals surface area contributed by atoms with Crippen LogP contribution < -0.4 is 0 Å². The van der Waals surface area contributed by atoms with Gasteiger partial charge in [-0.05, 0) is 19.3 Å². The third-order valence-corrected chi connectivity index (χ3v) is 4.12. The fourth-order valence-electron chi connectivity index (χ4n) is 3.07. The summed E-state index contributed by atoms with van der Waals surface area (Å²) in [5, 5.41) is 4.25. The summed E-state index contributed by atoms with van der Waals surface area (Å²) >= 11 is 0. The first-order valence-electron chi connectivity index (χ1n) is 6.52. The smallest absolute Gasteiger partial charge is 0.308 e. The van der Waals surface area contributed by atoms with Crippen LogP contribution in [0.1, 0.15) is 39.5 Å². The van der Waals surface area contributed by atoms with Crippen molar-refractivity contribution in [1.29, 1.82) is 0 Å². The predicted octanol–water partition coefficient (Wildman–Crippen LogP) is 2.38. The van der Waals surface area contributed by atoms with Crippen LogP contribution in [0.5, 0.6) is 0 Å². The van der Waals surface area contributed by atoms with E-state index in [1.165, 1.54) is 12.8 Å². The van der Waals surface area contributed by atoms with Gasteiger partial charge in [0.1, 0.15) is 6.10 Å². The highest BCUT2D eigenvalue weighted by Gasteiger charge is 2.47. The van der Waals surface area contributed by atoms with Gasteiger partial charge in [0.25, 0.3) is 0 Å². The number of carbonyl (C=O) groups is 1. The number of carbonyl (C=O) groups excluding carboxylic acids is 1. The van der Waals surface area contributed by atoms with Gasteiger partial charge in [0.05, 0.1) is 18.7 Å². The van der Waals surface area contributed by atoms with Crippen molar-refractivity contribution in [3.05, 3.63) is 0 Å². The Morgan fingerprint density at radius 1 is 1.47 bits per heavy atom. The van der Waals surface area contributed by atoms with Crippen LogP contribution in [-0.4, -0.2) is 24.9 Å². The van der Waals surface area contributed by atoms with Gasteiger partial charge in [0.2, 0.25) is 0 Å². The second-order valence-electron chi connectivity index (χ2n) is 4.97. The summed E-state index contributed by atoms with van der Waals surface area (Å²) < 4.78 is 4.81. The Kier molecular flexibility index (Phi) is 3.69. The Morgan fingerprint density at radius 2 is 2.18 bits per heavy atom. The van der Waals surface area contributed by atoms with E-state index in [1.54, 1.807) is 0 Å². The summed E-state index contributed by atoms with van der Waals surface area (Å²) in [6, 6.07) is 0. The SMILES string of the molecule is CCC(CC)C1=NOC2CC(C(=O)OC)CC12. The molecule has 96 valence electrons. The summed E-state index contributed by atoms with van der Waals surface area (Å²) in [5.74, 6) is 0.729. The molecule has 0 bridgehead atoms. The van der Waals surface area contributed by atoms with E-state index in [9.17, 15) is 4.79 Å². The molecule has 2 rings (SSSR count). The number of hydrogen-bond donors (Lipinski definition) is 0. The van der Waals surface area contributed by atoms with Crippen molar-refractivity contribution in [3.8, 4) is 0 Å². The molecule has 17 heavy (non-hydrogen) atoms. The quantitative estimate of drug-likeness (QED) is 0.708. The Morgan fingerprint density at radius 3 is 2.76 bits per heavy atom. The number of oxime groups is 1. The maximum absolute atomic E-state index is 11.5. The first-order valence-corrected chi connectivity index (χ1v) is 6.52. The Hall–Kier alpha value is -1.06. The molecule has 1 saturated carbocycles. The van der Waals surface area contributed by atoms with Gasteiger partial charge >= 0.3 is 5.97 Å². The minimum absolute atomic E-state index is 0.00476. The van der Waals surface area contributed by atoms with Gasteiger partial charge in [-0.2, -0.15) is 0 Å². The molecule has 3 unspecified atom stereocenters. The molecular weight excluding hydrogens is 218 g/mol. The van der Waals surface area contributed by atoms with E-state index in [-0.39, 0.29) is 18.0 Å². The van der Waals surface area contributed by atoms with Crippen molar-refractivity contribution < 1.29 is 14.4 Å². The number of nitrogens with zero attached hydrogens (tertiary/aromatic N) is 1. The number of ether oxygens (including phenoxy) is 1. The van der Waals surface area contributed by atoms with Crippen LogP contribution in [0.3, 0.4) is 0 Å². The first kappa shape index (κ1) is 12.4. The lowest BCUT2D eigenvalue weighted by molar-refractivity contribution is -0.145. The van der Waals surface area contributed by atoms with Crippen molar-refractivity contribution in [1.82, 2.24) is 0 Å². The topological polar surface area (TPSA) is 47.9 Å². The molecule has 1 aliphatic carbocycles. The zero-order chi connectivity index (χ0) is 12.4. The van der Waals surface area contributed by atoms with E-state index < -0.39 is 0 Å². The molecular formula is C13H21NO3. The molecule has 1 aliphatic heterocycles. The largest absolute Gasteiger partial charge is 0.469 e. The summed E-state index contributed by atoms with van der Waals surface area (Å²) in [6.07, 6.45) is 3.88. The highest BCUT2D eigenvalue weighted by molar-refractivity contribution is 5.91. The van der Waals surface area contributed by atoms with E-state index in [4.69, 9.17) is 9.57 Å². The normalized spacial score (nSPS) is 31.1. The standard InChI is InChI=1S/C13H21NO3/c1-4-8(5-2)12-10-6-9(13(15)16-3)7-11(10)17-14-12/h8-11H,4-7H2,1-3H3. The van der Waals surface area contributed by atoms with E-state index in [2.05, 4.69) is 19.0 Å². The first-order chi connectivity index (χ1) is 8.21. The fourth-order valence-corrected chi connectivity index (χ4v) is 3.07. The van der Waals surface area contributed by atoms with Gasteiger partial charge in [-0.1, -0.05) is 19.0 Å². The molecule has 0 radical (unpaired) electrons. The number of esters is 1. The molecule has 0 amide bonds. The Balaban J connectivity index is 2.04. The molecule has 3 atom stereocenters.